The van der Waals surface area contributed by atoms with Crippen LogP contribution >= 0.6 is 11.6 Å². The zero-order valence-electron chi connectivity index (χ0n) is 22.4. The first-order valence-electron chi connectivity index (χ1n) is 12.4. The summed E-state index contributed by atoms with van der Waals surface area (Å²) < 4.78 is 29.0. The number of hydrogen-bond acceptors (Lipinski definition) is 4. The summed E-state index contributed by atoms with van der Waals surface area (Å²) in [5.41, 5.74) is 3.57. The van der Waals surface area contributed by atoms with Gasteiger partial charge in [-0.25, -0.2) is 8.42 Å². The number of sulfonamides is 1. The molecule has 0 aliphatic rings. The van der Waals surface area contributed by atoms with Gasteiger partial charge in [0.1, 0.15) is 12.6 Å². The molecule has 7 nitrogen and oxygen atoms in total. The van der Waals surface area contributed by atoms with Gasteiger partial charge in [0.25, 0.3) is 10.0 Å². The van der Waals surface area contributed by atoms with Gasteiger partial charge in [0.15, 0.2) is 0 Å². The van der Waals surface area contributed by atoms with E-state index < -0.39 is 28.5 Å². The molecule has 3 aromatic carbocycles. The standard InChI is InChI=1S/C29H34ClN3O4S/c1-6-26(29(35)31-5)32(18-23-11-8-7-10-21(23)3)28(34)19-33(27-13-9-12-25(30)22(27)4)38(36,37)24-16-14-20(2)15-17-24/h7-17,26H,6,18-19H2,1-5H3,(H,31,35)/t26-/m1/s1. The second-order valence-corrected chi connectivity index (χ2v) is 11.5. The molecule has 3 aromatic rings. The second-order valence-electron chi connectivity index (χ2n) is 9.20. The maximum Gasteiger partial charge on any atom is 0.264 e. The van der Waals surface area contributed by atoms with E-state index in [-0.39, 0.29) is 17.3 Å². The van der Waals surface area contributed by atoms with Crippen LogP contribution in [0.2, 0.25) is 5.02 Å². The highest BCUT2D eigenvalue weighted by Crippen LogP contribution is 2.31. The van der Waals surface area contributed by atoms with Crippen molar-refractivity contribution in [3.05, 3.63) is 94.0 Å². The van der Waals surface area contributed by atoms with Gasteiger partial charge in [-0.3, -0.25) is 13.9 Å². The van der Waals surface area contributed by atoms with Crippen LogP contribution in [0.1, 0.15) is 35.6 Å². The zero-order chi connectivity index (χ0) is 28.0. The van der Waals surface area contributed by atoms with Crippen LogP contribution in [0.25, 0.3) is 0 Å². The van der Waals surface area contributed by atoms with Crippen molar-refractivity contribution in [3.63, 3.8) is 0 Å². The van der Waals surface area contributed by atoms with E-state index in [4.69, 9.17) is 11.6 Å². The third kappa shape index (κ3) is 6.37. The first-order chi connectivity index (χ1) is 18.0. The molecule has 1 N–H and O–H groups in total. The normalized spacial score (nSPS) is 12.1. The Hall–Kier alpha value is -3.36. The van der Waals surface area contributed by atoms with Gasteiger partial charge in [-0.2, -0.15) is 0 Å². The largest absolute Gasteiger partial charge is 0.357 e. The number of amides is 2. The number of likely N-dealkylation sites (N-methyl/N-ethyl adjacent to an activating group) is 1. The quantitative estimate of drug-likeness (QED) is 0.381. The minimum absolute atomic E-state index is 0.0547. The van der Waals surface area contributed by atoms with Crippen LogP contribution in [0.4, 0.5) is 5.69 Å². The van der Waals surface area contributed by atoms with E-state index >= 15 is 0 Å². The van der Waals surface area contributed by atoms with Crippen molar-refractivity contribution in [2.45, 2.75) is 51.6 Å². The summed E-state index contributed by atoms with van der Waals surface area (Å²) in [5, 5.41) is 3.01. The van der Waals surface area contributed by atoms with Gasteiger partial charge in [-0.05, 0) is 68.1 Å². The molecule has 0 radical (unpaired) electrons. The molecule has 0 bridgehead atoms. The molecule has 3 rings (SSSR count). The van der Waals surface area contributed by atoms with Crippen molar-refractivity contribution in [1.82, 2.24) is 10.2 Å². The SMILES string of the molecule is CC[C@H](C(=O)NC)N(Cc1ccccc1C)C(=O)CN(c1cccc(Cl)c1C)S(=O)(=O)c1ccc(C)cc1. The fourth-order valence-electron chi connectivity index (χ4n) is 4.27. The molecule has 1 atom stereocenters. The number of halogens is 1. The summed E-state index contributed by atoms with van der Waals surface area (Å²) >= 11 is 6.36. The van der Waals surface area contributed by atoms with Crippen molar-refractivity contribution in [2.24, 2.45) is 0 Å². The zero-order valence-corrected chi connectivity index (χ0v) is 23.9. The lowest BCUT2D eigenvalue weighted by molar-refractivity contribution is -0.140. The number of hydrogen-bond donors (Lipinski definition) is 1. The molecule has 9 heteroatoms. The summed E-state index contributed by atoms with van der Waals surface area (Å²) in [5.74, 6) is -0.819. The monoisotopic (exact) mass is 555 g/mol. The average Bonchev–Trinajstić information content (AvgIpc) is 2.89. The van der Waals surface area contributed by atoms with Gasteiger partial charge in [-0.15, -0.1) is 0 Å². The minimum Gasteiger partial charge on any atom is -0.357 e. The molecule has 0 saturated carbocycles. The number of carbonyl (C=O) groups excluding carboxylic acids is 2. The minimum atomic E-state index is -4.15. The van der Waals surface area contributed by atoms with Crippen molar-refractivity contribution in [2.75, 3.05) is 17.9 Å². The molecule has 0 unspecified atom stereocenters. The van der Waals surface area contributed by atoms with E-state index in [0.717, 1.165) is 21.0 Å². The molecule has 0 fully saturated rings. The molecule has 0 heterocycles. The van der Waals surface area contributed by atoms with Crippen LogP contribution in [0, 0.1) is 20.8 Å². The fourth-order valence-corrected chi connectivity index (χ4v) is 5.92. The van der Waals surface area contributed by atoms with Crippen molar-refractivity contribution < 1.29 is 18.0 Å². The number of anilines is 1. The summed E-state index contributed by atoms with van der Waals surface area (Å²) in [6, 6.07) is 18.2. The summed E-state index contributed by atoms with van der Waals surface area (Å²) in [4.78, 5) is 28.3. The van der Waals surface area contributed by atoms with Crippen LogP contribution in [0.15, 0.2) is 71.6 Å². The van der Waals surface area contributed by atoms with Crippen molar-refractivity contribution >= 4 is 39.1 Å². The number of aryl methyl sites for hydroxylation is 2. The maximum atomic E-state index is 14.0. The number of nitrogens with one attached hydrogen (secondary N) is 1. The Balaban J connectivity index is 2.12. The van der Waals surface area contributed by atoms with Gasteiger partial charge >= 0.3 is 0 Å². The summed E-state index contributed by atoms with van der Waals surface area (Å²) in [7, 11) is -2.63. The Labute approximate surface area is 230 Å². The van der Waals surface area contributed by atoms with Gasteiger partial charge in [0, 0.05) is 18.6 Å². The Kier molecular flexibility index (Phi) is 9.57. The number of nitrogens with zero attached hydrogens (tertiary/aromatic N) is 2. The smallest absolute Gasteiger partial charge is 0.264 e. The predicted molar refractivity (Wildman–Crippen MR) is 152 cm³/mol. The highest BCUT2D eigenvalue weighted by Gasteiger charge is 2.34. The third-order valence-electron chi connectivity index (χ3n) is 6.63. The Morgan fingerprint density at radius 2 is 1.61 bits per heavy atom. The van der Waals surface area contributed by atoms with Crippen molar-refractivity contribution in [3.8, 4) is 0 Å². The molecule has 202 valence electrons. The van der Waals surface area contributed by atoms with Crippen LogP contribution in [0.5, 0.6) is 0 Å². The average molecular weight is 556 g/mol. The predicted octanol–water partition coefficient (Wildman–Crippen LogP) is 5.01. The van der Waals surface area contributed by atoms with Crippen LogP contribution in [-0.2, 0) is 26.2 Å². The van der Waals surface area contributed by atoms with Gasteiger partial charge in [0.2, 0.25) is 11.8 Å². The van der Waals surface area contributed by atoms with E-state index in [9.17, 15) is 18.0 Å². The lowest BCUT2D eigenvalue weighted by atomic mass is 10.1. The molecule has 0 aliphatic heterocycles. The molecule has 0 aromatic heterocycles. The molecule has 38 heavy (non-hydrogen) atoms. The summed E-state index contributed by atoms with van der Waals surface area (Å²) in [6.07, 6.45) is 0.359. The second kappa shape index (κ2) is 12.5. The first-order valence-corrected chi connectivity index (χ1v) is 14.2. The molecular weight excluding hydrogens is 522 g/mol. The van der Waals surface area contributed by atoms with Crippen LogP contribution in [-0.4, -0.2) is 44.8 Å². The van der Waals surface area contributed by atoms with Gasteiger partial charge < -0.3 is 10.2 Å². The molecule has 0 spiro atoms. The lowest BCUT2D eigenvalue weighted by Gasteiger charge is -2.33. The first kappa shape index (κ1) is 29.2. The number of rotatable bonds is 10. The highest BCUT2D eigenvalue weighted by atomic mass is 35.5. The summed E-state index contributed by atoms with van der Waals surface area (Å²) in [6.45, 7) is 6.99. The van der Waals surface area contributed by atoms with E-state index in [0.29, 0.717) is 22.7 Å². The van der Waals surface area contributed by atoms with Crippen LogP contribution < -0.4 is 9.62 Å². The van der Waals surface area contributed by atoms with Gasteiger partial charge in [0.05, 0.1) is 10.6 Å². The van der Waals surface area contributed by atoms with Crippen molar-refractivity contribution in [1.29, 1.82) is 0 Å². The highest BCUT2D eigenvalue weighted by molar-refractivity contribution is 7.92. The van der Waals surface area contributed by atoms with Crippen LogP contribution in [0.3, 0.4) is 0 Å². The topological polar surface area (TPSA) is 86.8 Å². The van der Waals surface area contributed by atoms with E-state index in [1.807, 2.05) is 45.0 Å². The Bertz CT molecular complexity index is 1410. The fraction of sp³-hybridized carbons (Fsp3) is 0.310. The van der Waals surface area contributed by atoms with E-state index in [1.165, 1.54) is 24.1 Å². The Morgan fingerprint density at radius 1 is 0.947 bits per heavy atom. The number of benzene rings is 3. The lowest BCUT2D eigenvalue weighted by Crippen LogP contribution is -2.52. The van der Waals surface area contributed by atoms with Gasteiger partial charge in [-0.1, -0.05) is 66.6 Å². The molecule has 0 aliphatic carbocycles. The maximum absolute atomic E-state index is 14.0. The van der Waals surface area contributed by atoms with E-state index in [1.54, 1.807) is 37.3 Å². The molecule has 2 amide bonds. The van der Waals surface area contributed by atoms with E-state index in [2.05, 4.69) is 5.32 Å². The third-order valence-corrected chi connectivity index (χ3v) is 8.81. The molecule has 0 saturated heterocycles. The molecular formula is C29H34ClN3O4S. The number of carbonyl (C=O) groups is 2. The Morgan fingerprint density at radius 3 is 2.21 bits per heavy atom.